The highest BCUT2D eigenvalue weighted by Crippen LogP contribution is 2.47. The molecule has 4 atom stereocenters. The molecule has 0 radical (unpaired) electrons. The standard InChI is InChI=1S/C13H25NO/c1-3-15-9-10(2)14-8-13-7-11-4-5-12(13)6-11/h10-14H,3-9H2,1-2H3. The molecule has 1 N–H and O–H groups in total. The second kappa shape index (κ2) is 5.31. The van der Waals surface area contributed by atoms with Crippen molar-refractivity contribution >= 4 is 0 Å². The van der Waals surface area contributed by atoms with Crippen molar-refractivity contribution in [3.8, 4) is 0 Å². The van der Waals surface area contributed by atoms with E-state index >= 15 is 0 Å². The molecule has 2 saturated carbocycles. The maximum Gasteiger partial charge on any atom is 0.0616 e. The van der Waals surface area contributed by atoms with Gasteiger partial charge < -0.3 is 10.1 Å². The zero-order chi connectivity index (χ0) is 10.7. The predicted octanol–water partition coefficient (Wildman–Crippen LogP) is 2.44. The van der Waals surface area contributed by atoms with E-state index < -0.39 is 0 Å². The molecule has 4 unspecified atom stereocenters. The van der Waals surface area contributed by atoms with E-state index in [4.69, 9.17) is 4.74 Å². The van der Waals surface area contributed by atoms with Crippen LogP contribution in [-0.2, 0) is 4.74 Å². The van der Waals surface area contributed by atoms with Crippen molar-refractivity contribution in [2.24, 2.45) is 17.8 Å². The largest absolute Gasteiger partial charge is 0.380 e. The van der Waals surface area contributed by atoms with E-state index in [-0.39, 0.29) is 0 Å². The highest BCUT2D eigenvalue weighted by atomic mass is 16.5. The summed E-state index contributed by atoms with van der Waals surface area (Å²) in [5, 5.41) is 3.62. The Morgan fingerprint density at radius 3 is 2.80 bits per heavy atom. The molecule has 0 aromatic rings. The molecule has 0 amide bonds. The van der Waals surface area contributed by atoms with Crippen LogP contribution in [0.4, 0.5) is 0 Å². The van der Waals surface area contributed by atoms with Gasteiger partial charge in [-0.2, -0.15) is 0 Å². The van der Waals surface area contributed by atoms with E-state index in [9.17, 15) is 0 Å². The molecule has 0 spiro atoms. The normalized spacial score (nSPS) is 36.0. The molecule has 88 valence electrons. The van der Waals surface area contributed by atoms with Gasteiger partial charge in [0.15, 0.2) is 0 Å². The summed E-state index contributed by atoms with van der Waals surface area (Å²) in [4.78, 5) is 0. The third-order valence-corrected chi connectivity index (χ3v) is 4.19. The molecular formula is C13H25NO. The monoisotopic (exact) mass is 211 g/mol. The van der Waals surface area contributed by atoms with Gasteiger partial charge in [0, 0.05) is 12.6 Å². The molecule has 15 heavy (non-hydrogen) atoms. The van der Waals surface area contributed by atoms with Crippen LogP contribution in [0.5, 0.6) is 0 Å². The molecule has 2 fully saturated rings. The van der Waals surface area contributed by atoms with Crippen molar-refractivity contribution in [2.75, 3.05) is 19.8 Å². The number of hydrogen-bond acceptors (Lipinski definition) is 2. The number of hydrogen-bond donors (Lipinski definition) is 1. The fourth-order valence-corrected chi connectivity index (χ4v) is 3.33. The summed E-state index contributed by atoms with van der Waals surface area (Å²) in [5.74, 6) is 3.08. The molecule has 0 heterocycles. The summed E-state index contributed by atoms with van der Waals surface area (Å²) in [6.45, 7) is 7.19. The van der Waals surface area contributed by atoms with Gasteiger partial charge in [-0.25, -0.2) is 0 Å². The van der Waals surface area contributed by atoms with Crippen LogP contribution in [0.2, 0.25) is 0 Å². The van der Waals surface area contributed by atoms with Crippen LogP contribution in [0.3, 0.4) is 0 Å². The topological polar surface area (TPSA) is 21.3 Å². The summed E-state index contributed by atoms with van der Waals surface area (Å²) in [6.07, 6.45) is 6.01. The fraction of sp³-hybridized carbons (Fsp3) is 1.00. The minimum absolute atomic E-state index is 0.518. The zero-order valence-corrected chi connectivity index (χ0v) is 10.2. The number of rotatable bonds is 6. The van der Waals surface area contributed by atoms with Crippen molar-refractivity contribution in [1.29, 1.82) is 0 Å². The van der Waals surface area contributed by atoms with Gasteiger partial charge in [0.2, 0.25) is 0 Å². The maximum atomic E-state index is 5.41. The summed E-state index contributed by atoms with van der Waals surface area (Å²) < 4.78 is 5.41. The van der Waals surface area contributed by atoms with Gasteiger partial charge in [-0.15, -0.1) is 0 Å². The Kier molecular flexibility index (Phi) is 4.04. The molecule has 0 saturated heterocycles. The SMILES string of the molecule is CCOCC(C)NCC1CC2CCC1C2. The smallest absolute Gasteiger partial charge is 0.0616 e. The van der Waals surface area contributed by atoms with Crippen LogP contribution in [0.25, 0.3) is 0 Å². The molecule has 0 aromatic heterocycles. The Balaban J connectivity index is 1.61. The van der Waals surface area contributed by atoms with E-state index in [1.165, 1.54) is 32.2 Å². The fourth-order valence-electron chi connectivity index (χ4n) is 3.33. The van der Waals surface area contributed by atoms with Gasteiger partial charge in [0.1, 0.15) is 0 Å². The predicted molar refractivity (Wildman–Crippen MR) is 62.9 cm³/mol. The third kappa shape index (κ3) is 2.94. The average molecular weight is 211 g/mol. The molecular weight excluding hydrogens is 186 g/mol. The van der Waals surface area contributed by atoms with E-state index in [2.05, 4.69) is 19.2 Å². The van der Waals surface area contributed by atoms with Crippen LogP contribution in [0.15, 0.2) is 0 Å². The molecule has 2 rings (SSSR count). The summed E-state index contributed by atoms with van der Waals surface area (Å²) in [5.41, 5.74) is 0. The van der Waals surface area contributed by atoms with Gasteiger partial charge in [-0.1, -0.05) is 6.42 Å². The lowest BCUT2D eigenvalue weighted by atomic mass is 9.89. The van der Waals surface area contributed by atoms with Crippen molar-refractivity contribution in [3.05, 3.63) is 0 Å². The Hall–Kier alpha value is -0.0800. The lowest BCUT2D eigenvalue weighted by molar-refractivity contribution is 0.124. The zero-order valence-electron chi connectivity index (χ0n) is 10.2. The van der Waals surface area contributed by atoms with Gasteiger partial charge in [-0.05, 0) is 57.4 Å². The lowest BCUT2D eigenvalue weighted by Crippen LogP contribution is -2.36. The lowest BCUT2D eigenvalue weighted by Gasteiger charge is -2.24. The molecule has 0 aliphatic heterocycles. The molecule has 2 aliphatic rings. The Labute approximate surface area is 93.8 Å². The minimum atomic E-state index is 0.518. The molecule has 2 nitrogen and oxygen atoms in total. The first-order chi connectivity index (χ1) is 7.29. The van der Waals surface area contributed by atoms with Crippen LogP contribution in [-0.4, -0.2) is 25.8 Å². The second-order valence-electron chi connectivity index (χ2n) is 5.40. The molecule has 0 aromatic carbocycles. The van der Waals surface area contributed by atoms with Gasteiger partial charge in [-0.3, -0.25) is 0 Å². The Bertz CT molecular complexity index is 195. The summed E-state index contributed by atoms with van der Waals surface area (Å²) in [6, 6.07) is 0.518. The Morgan fingerprint density at radius 1 is 1.33 bits per heavy atom. The average Bonchev–Trinajstić information content (AvgIpc) is 2.84. The highest BCUT2D eigenvalue weighted by Gasteiger charge is 2.38. The Morgan fingerprint density at radius 2 is 2.20 bits per heavy atom. The van der Waals surface area contributed by atoms with Crippen molar-refractivity contribution in [1.82, 2.24) is 5.32 Å². The van der Waals surface area contributed by atoms with E-state index in [1.54, 1.807) is 0 Å². The van der Waals surface area contributed by atoms with Gasteiger partial charge in [0.05, 0.1) is 6.61 Å². The molecule has 2 aliphatic carbocycles. The van der Waals surface area contributed by atoms with Gasteiger partial charge in [0.25, 0.3) is 0 Å². The van der Waals surface area contributed by atoms with E-state index in [0.29, 0.717) is 6.04 Å². The van der Waals surface area contributed by atoms with Gasteiger partial charge >= 0.3 is 0 Å². The van der Waals surface area contributed by atoms with Crippen LogP contribution in [0, 0.1) is 17.8 Å². The van der Waals surface area contributed by atoms with E-state index in [1.807, 2.05) is 0 Å². The first kappa shape index (κ1) is 11.4. The summed E-state index contributed by atoms with van der Waals surface area (Å²) >= 11 is 0. The quantitative estimate of drug-likeness (QED) is 0.728. The van der Waals surface area contributed by atoms with Crippen LogP contribution >= 0.6 is 0 Å². The van der Waals surface area contributed by atoms with Crippen LogP contribution in [0.1, 0.15) is 39.5 Å². The number of fused-ring (bicyclic) bond motifs is 2. The molecule has 2 bridgehead atoms. The van der Waals surface area contributed by atoms with Crippen molar-refractivity contribution in [2.45, 2.75) is 45.6 Å². The second-order valence-corrected chi connectivity index (χ2v) is 5.40. The number of ether oxygens (including phenoxy) is 1. The van der Waals surface area contributed by atoms with Crippen LogP contribution < -0.4 is 5.32 Å². The first-order valence-corrected chi connectivity index (χ1v) is 6.60. The van der Waals surface area contributed by atoms with Crippen molar-refractivity contribution < 1.29 is 4.74 Å². The first-order valence-electron chi connectivity index (χ1n) is 6.60. The third-order valence-electron chi connectivity index (χ3n) is 4.19. The summed E-state index contributed by atoms with van der Waals surface area (Å²) in [7, 11) is 0. The highest BCUT2D eigenvalue weighted by molar-refractivity contribution is 4.91. The number of nitrogens with one attached hydrogen (secondary N) is 1. The minimum Gasteiger partial charge on any atom is -0.380 e. The molecule has 2 heteroatoms. The maximum absolute atomic E-state index is 5.41. The van der Waals surface area contributed by atoms with E-state index in [0.717, 1.165) is 31.0 Å². The van der Waals surface area contributed by atoms with Crippen molar-refractivity contribution in [3.63, 3.8) is 0 Å².